The molecule has 1 fully saturated rings. The Morgan fingerprint density at radius 2 is 1.95 bits per heavy atom. The van der Waals surface area contributed by atoms with Gasteiger partial charge in [-0.3, -0.25) is 4.79 Å². The molecule has 0 aliphatic heterocycles. The van der Waals surface area contributed by atoms with E-state index in [4.69, 9.17) is 5.11 Å². The number of urea groups is 1. The molecule has 0 radical (unpaired) electrons. The molecule has 0 saturated heterocycles. The van der Waals surface area contributed by atoms with Crippen molar-refractivity contribution in [2.24, 2.45) is 5.92 Å². The third kappa shape index (κ3) is 6.18. The maximum atomic E-state index is 11.7. The third-order valence-electron chi connectivity index (χ3n) is 3.65. The predicted molar refractivity (Wildman–Crippen MR) is 77.5 cm³/mol. The molecule has 1 aliphatic carbocycles. The minimum absolute atomic E-state index is 0.119. The Kier molecular flexibility index (Phi) is 7.05. The maximum absolute atomic E-state index is 11.7. The lowest BCUT2D eigenvalue weighted by molar-refractivity contribution is -0.142. The second-order valence-electron chi connectivity index (χ2n) is 5.12. The lowest BCUT2D eigenvalue weighted by Crippen LogP contribution is -2.44. The second kappa shape index (κ2) is 8.30. The minimum atomic E-state index is -0.714. The van der Waals surface area contributed by atoms with Gasteiger partial charge in [0, 0.05) is 17.8 Å². The van der Waals surface area contributed by atoms with Gasteiger partial charge in [0.25, 0.3) is 0 Å². The zero-order chi connectivity index (χ0) is 14.3. The monoisotopic (exact) mass is 288 g/mol. The van der Waals surface area contributed by atoms with Gasteiger partial charge < -0.3 is 15.7 Å². The Hall–Kier alpha value is -0.910. The number of hydrogen-bond donors (Lipinski definition) is 3. The number of carbonyl (C=O) groups excluding carboxylic acids is 1. The average molecular weight is 288 g/mol. The van der Waals surface area contributed by atoms with E-state index >= 15 is 0 Å². The summed E-state index contributed by atoms with van der Waals surface area (Å²) in [6.07, 6.45) is 5.84. The summed E-state index contributed by atoms with van der Waals surface area (Å²) in [7, 11) is 0. The minimum Gasteiger partial charge on any atom is -0.481 e. The zero-order valence-corrected chi connectivity index (χ0v) is 12.5. The molecule has 0 aromatic carbocycles. The number of carboxylic acids is 1. The first-order valence-corrected chi connectivity index (χ1v) is 8.11. The van der Waals surface area contributed by atoms with Crippen LogP contribution in [-0.2, 0) is 4.79 Å². The highest BCUT2D eigenvalue weighted by Gasteiger charge is 2.26. The number of hydrogen-bond acceptors (Lipinski definition) is 3. The molecule has 5 nitrogen and oxygen atoms in total. The molecule has 0 aromatic heterocycles. The van der Waals surface area contributed by atoms with Gasteiger partial charge in [0.1, 0.15) is 0 Å². The third-order valence-corrected chi connectivity index (χ3v) is 4.69. The van der Waals surface area contributed by atoms with Gasteiger partial charge >= 0.3 is 12.0 Å². The first kappa shape index (κ1) is 16.1. The van der Waals surface area contributed by atoms with Crippen molar-refractivity contribution >= 4 is 23.8 Å². The molecule has 1 unspecified atom stereocenters. The van der Waals surface area contributed by atoms with Crippen LogP contribution in [0.4, 0.5) is 4.79 Å². The zero-order valence-electron chi connectivity index (χ0n) is 11.6. The quantitative estimate of drug-likeness (QED) is 0.699. The van der Waals surface area contributed by atoms with E-state index in [1.807, 2.05) is 0 Å². The van der Waals surface area contributed by atoms with Crippen molar-refractivity contribution in [1.29, 1.82) is 0 Å². The summed E-state index contributed by atoms with van der Waals surface area (Å²) < 4.78 is 0. The van der Waals surface area contributed by atoms with Crippen LogP contribution < -0.4 is 10.6 Å². The summed E-state index contributed by atoms with van der Waals surface area (Å²) in [6, 6.07) is -0.0133. The van der Waals surface area contributed by atoms with Crippen LogP contribution in [-0.4, -0.2) is 41.2 Å². The highest BCUT2D eigenvalue weighted by Crippen LogP contribution is 2.24. The van der Waals surface area contributed by atoms with E-state index in [0.717, 1.165) is 19.3 Å². The van der Waals surface area contributed by atoms with Gasteiger partial charge in [0.2, 0.25) is 0 Å². The normalized spacial score (nSPS) is 24.5. The van der Waals surface area contributed by atoms with Crippen LogP contribution in [0.5, 0.6) is 0 Å². The van der Waals surface area contributed by atoms with Crippen LogP contribution in [0.3, 0.4) is 0 Å². The predicted octanol–water partition coefficient (Wildman–Crippen LogP) is 2.07. The Morgan fingerprint density at radius 1 is 1.32 bits per heavy atom. The molecular formula is C13H24N2O3S. The van der Waals surface area contributed by atoms with E-state index < -0.39 is 5.97 Å². The lowest BCUT2D eigenvalue weighted by Gasteiger charge is -2.26. The Bertz CT molecular complexity index is 304. The number of carbonyl (C=O) groups is 2. The van der Waals surface area contributed by atoms with Crippen LogP contribution in [0.2, 0.25) is 0 Å². The number of nitrogens with one attached hydrogen (secondary N) is 2. The summed E-state index contributed by atoms with van der Waals surface area (Å²) in [5.74, 6) is -0.947. The van der Waals surface area contributed by atoms with Crippen LogP contribution in [0, 0.1) is 5.92 Å². The van der Waals surface area contributed by atoms with E-state index in [2.05, 4.69) is 23.8 Å². The molecule has 0 spiro atoms. The summed E-state index contributed by atoms with van der Waals surface area (Å²) in [5.41, 5.74) is 0. The van der Waals surface area contributed by atoms with Crippen LogP contribution in [0.25, 0.3) is 0 Å². The van der Waals surface area contributed by atoms with Gasteiger partial charge in [-0.2, -0.15) is 11.8 Å². The van der Waals surface area contributed by atoms with Gasteiger partial charge in [-0.15, -0.1) is 0 Å². The standard InChI is InChI=1S/C13H24N2O3S/c1-9(19-2)7-8-14-13(18)15-11-5-3-10(4-6-11)12(16)17/h9-11H,3-8H2,1-2H3,(H,16,17)(H2,14,15,18). The molecular weight excluding hydrogens is 264 g/mol. The van der Waals surface area contributed by atoms with Crippen molar-refractivity contribution in [3.8, 4) is 0 Å². The van der Waals surface area contributed by atoms with Gasteiger partial charge in [0.15, 0.2) is 0 Å². The van der Waals surface area contributed by atoms with Crippen molar-refractivity contribution in [1.82, 2.24) is 10.6 Å². The molecule has 2 amide bonds. The van der Waals surface area contributed by atoms with Crippen LogP contribution >= 0.6 is 11.8 Å². The number of carboxylic acid groups (broad SMARTS) is 1. The summed E-state index contributed by atoms with van der Waals surface area (Å²) in [4.78, 5) is 22.5. The van der Waals surface area contributed by atoms with E-state index in [1.54, 1.807) is 11.8 Å². The molecule has 3 N–H and O–H groups in total. The molecule has 0 heterocycles. The van der Waals surface area contributed by atoms with E-state index in [1.165, 1.54) is 0 Å². The maximum Gasteiger partial charge on any atom is 0.315 e. The summed E-state index contributed by atoms with van der Waals surface area (Å²) >= 11 is 1.79. The molecule has 0 aromatic rings. The van der Waals surface area contributed by atoms with Gasteiger partial charge in [0.05, 0.1) is 5.92 Å². The smallest absolute Gasteiger partial charge is 0.315 e. The topological polar surface area (TPSA) is 78.4 Å². The summed E-state index contributed by atoms with van der Waals surface area (Å²) in [5, 5.41) is 15.2. The summed E-state index contributed by atoms with van der Waals surface area (Å²) in [6.45, 7) is 2.82. The molecule has 19 heavy (non-hydrogen) atoms. The molecule has 1 aliphatic rings. The highest BCUT2D eigenvalue weighted by atomic mass is 32.2. The number of amides is 2. The number of rotatable bonds is 6. The Labute approximate surface area is 118 Å². The van der Waals surface area contributed by atoms with E-state index in [9.17, 15) is 9.59 Å². The van der Waals surface area contributed by atoms with Crippen molar-refractivity contribution in [2.45, 2.75) is 50.3 Å². The van der Waals surface area contributed by atoms with Crippen molar-refractivity contribution < 1.29 is 14.7 Å². The SMILES string of the molecule is CSC(C)CCNC(=O)NC1CCC(C(=O)O)CC1. The first-order chi connectivity index (χ1) is 9.02. The molecule has 1 saturated carbocycles. The lowest BCUT2D eigenvalue weighted by atomic mass is 9.86. The Morgan fingerprint density at radius 3 is 2.47 bits per heavy atom. The van der Waals surface area contributed by atoms with Crippen molar-refractivity contribution in [2.75, 3.05) is 12.8 Å². The van der Waals surface area contributed by atoms with Crippen molar-refractivity contribution in [3.63, 3.8) is 0 Å². The average Bonchev–Trinajstić information content (AvgIpc) is 2.39. The van der Waals surface area contributed by atoms with Crippen LogP contribution in [0.15, 0.2) is 0 Å². The molecule has 6 heteroatoms. The molecule has 1 rings (SSSR count). The second-order valence-corrected chi connectivity index (χ2v) is 6.40. The van der Waals surface area contributed by atoms with Gasteiger partial charge in [-0.05, 0) is 38.4 Å². The molecule has 110 valence electrons. The van der Waals surface area contributed by atoms with E-state index in [-0.39, 0.29) is 18.0 Å². The van der Waals surface area contributed by atoms with Crippen LogP contribution in [0.1, 0.15) is 39.0 Å². The van der Waals surface area contributed by atoms with Crippen molar-refractivity contribution in [3.05, 3.63) is 0 Å². The number of aliphatic carboxylic acids is 1. The molecule has 1 atom stereocenters. The first-order valence-electron chi connectivity index (χ1n) is 6.83. The fourth-order valence-corrected chi connectivity index (χ4v) is 2.58. The fraction of sp³-hybridized carbons (Fsp3) is 0.846. The fourth-order valence-electron chi connectivity index (χ4n) is 2.23. The van der Waals surface area contributed by atoms with Gasteiger partial charge in [-0.25, -0.2) is 4.79 Å². The molecule has 0 bridgehead atoms. The van der Waals surface area contributed by atoms with E-state index in [0.29, 0.717) is 24.6 Å². The highest BCUT2D eigenvalue weighted by molar-refractivity contribution is 7.99. The number of thioether (sulfide) groups is 1. The largest absolute Gasteiger partial charge is 0.481 e. The van der Waals surface area contributed by atoms with Gasteiger partial charge in [-0.1, -0.05) is 6.92 Å². The Balaban J connectivity index is 2.15.